The Labute approximate surface area is 156 Å². The van der Waals surface area contributed by atoms with Gasteiger partial charge in [-0.25, -0.2) is 4.79 Å². The summed E-state index contributed by atoms with van der Waals surface area (Å²) in [6.45, 7) is 1.66. The number of alkyl halides is 3. The first kappa shape index (κ1) is 19.0. The number of ether oxygens (including phenoxy) is 1. The average Bonchev–Trinajstić information content (AvgIpc) is 3.11. The normalized spacial score (nSPS) is 11.6. The Balaban J connectivity index is 1.87. The van der Waals surface area contributed by atoms with E-state index in [-0.39, 0.29) is 17.9 Å². The molecule has 0 radical (unpaired) electrons. The van der Waals surface area contributed by atoms with Crippen molar-refractivity contribution in [2.45, 2.75) is 19.6 Å². The highest BCUT2D eigenvalue weighted by Gasteiger charge is 2.30. The van der Waals surface area contributed by atoms with E-state index >= 15 is 0 Å². The fraction of sp³-hybridized carbons (Fsp3) is 0.222. The van der Waals surface area contributed by atoms with Crippen molar-refractivity contribution in [1.82, 2.24) is 4.57 Å². The molecule has 3 rings (SSSR count). The minimum Gasteiger partial charge on any atom is -0.464 e. The molecule has 1 amide bonds. The van der Waals surface area contributed by atoms with Crippen molar-refractivity contribution in [3.63, 3.8) is 0 Å². The van der Waals surface area contributed by atoms with Crippen LogP contribution >= 0.6 is 11.3 Å². The standard InChI is InChI=1S/C18H15F3N2O3S/c1-10-6-13-15(27-10)8-14(17(25)26-2)23(13)9-16(24)22-12-5-3-4-11(7-12)18(19,20)21/h3-8H,9H2,1-2H3,(H,22,24). The topological polar surface area (TPSA) is 60.3 Å². The molecule has 0 aliphatic carbocycles. The average molecular weight is 396 g/mol. The number of hydrogen-bond acceptors (Lipinski definition) is 4. The van der Waals surface area contributed by atoms with E-state index in [1.807, 2.05) is 13.0 Å². The molecule has 0 spiro atoms. The number of halogens is 3. The minimum absolute atomic E-state index is 0.0272. The van der Waals surface area contributed by atoms with Crippen LogP contribution in [0, 0.1) is 6.92 Å². The van der Waals surface area contributed by atoms with Crippen LogP contribution in [0.1, 0.15) is 20.9 Å². The van der Waals surface area contributed by atoms with Gasteiger partial charge in [0, 0.05) is 10.6 Å². The summed E-state index contributed by atoms with van der Waals surface area (Å²) < 4.78 is 45.5. The lowest BCUT2D eigenvalue weighted by atomic mass is 10.2. The molecule has 0 saturated carbocycles. The van der Waals surface area contributed by atoms with Crippen LogP contribution in [-0.4, -0.2) is 23.6 Å². The van der Waals surface area contributed by atoms with E-state index in [9.17, 15) is 22.8 Å². The molecule has 2 aromatic heterocycles. The van der Waals surface area contributed by atoms with Gasteiger partial charge in [0.05, 0.1) is 22.9 Å². The molecule has 27 heavy (non-hydrogen) atoms. The smallest absolute Gasteiger partial charge is 0.416 e. The number of methoxy groups -OCH3 is 1. The third-order valence-corrected chi connectivity index (χ3v) is 4.87. The lowest BCUT2D eigenvalue weighted by Crippen LogP contribution is -2.22. The van der Waals surface area contributed by atoms with Gasteiger partial charge in [-0.1, -0.05) is 6.07 Å². The molecule has 1 N–H and O–H groups in total. The van der Waals surface area contributed by atoms with Gasteiger partial charge in [0.1, 0.15) is 12.2 Å². The van der Waals surface area contributed by atoms with Crippen molar-refractivity contribution < 1.29 is 27.5 Å². The summed E-state index contributed by atoms with van der Waals surface area (Å²) in [5.74, 6) is -1.15. The number of aromatic nitrogens is 1. The van der Waals surface area contributed by atoms with Gasteiger partial charge in [-0.2, -0.15) is 13.2 Å². The van der Waals surface area contributed by atoms with Gasteiger partial charge in [-0.3, -0.25) is 4.79 Å². The van der Waals surface area contributed by atoms with E-state index < -0.39 is 23.6 Å². The van der Waals surface area contributed by atoms with Crippen molar-refractivity contribution in [1.29, 1.82) is 0 Å². The van der Waals surface area contributed by atoms with E-state index in [0.717, 1.165) is 21.7 Å². The number of carbonyl (C=O) groups excluding carboxylic acids is 2. The highest BCUT2D eigenvalue weighted by molar-refractivity contribution is 7.19. The van der Waals surface area contributed by atoms with Crippen molar-refractivity contribution in [3.8, 4) is 0 Å². The fourth-order valence-electron chi connectivity index (χ4n) is 2.73. The predicted molar refractivity (Wildman–Crippen MR) is 96.0 cm³/mol. The van der Waals surface area contributed by atoms with Crippen LogP contribution < -0.4 is 5.32 Å². The van der Waals surface area contributed by atoms with Gasteiger partial charge in [0.15, 0.2) is 0 Å². The van der Waals surface area contributed by atoms with E-state index in [1.165, 1.54) is 35.1 Å². The van der Waals surface area contributed by atoms with Crippen LogP contribution in [0.5, 0.6) is 0 Å². The van der Waals surface area contributed by atoms with E-state index in [0.29, 0.717) is 5.52 Å². The largest absolute Gasteiger partial charge is 0.464 e. The first-order valence-electron chi connectivity index (χ1n) is 7.84. The summed E-state index contributed by atoms with van der Waals surface area (Å²) in [4.78, 5) is 25.4. The number of carbonyl (C=O) groups is 2. The molecule has 3 aromatic rings. The zero-order valence-corrected chi connectivity index (χ0v) is 15.2. The number of rotatable bonds is 4. The molecule has 0 unspecified atom stereocenters. The first-order valence-corrected chi connectivity index (χ1v) is 8.66. The number of hydrogen-bond donors (Lipinski definition) is 1. The second kappa shape index (κ2) is 7.07. The van der Waals surface area contributed by atoms with Crippen molar-refractivity contribution in [3.05, 3.63) is 52.5 Å². The zero-order valence-electron chi connectivity index (χ0n) is 14.4. The van der Waals surface area contributed by atoms with Crippen LogP contribution in [-0.2, 0) is 22.3 Å². The molecule has 0 aliphatic heterocycles. The van der Waals surface area contributed by atoms with Crippen LogP contribution in [0.2, 0.25) is 0 Å². The highest BCUT2D eigenvalue weighted by atomic mass is 32.1. The summed E-state index contributed by atoms with van der Waals surface area (Å²) in [5, 5.41) is 2.44. The number of thiophene rings is 1. The van der Waals surface area contributed by atoms with Gasteiger partial charge < -0.3 is 14.6 Å². The van der Waals surface area contributed by atoms with Crippen LogP contribution in [0.15, 0.2) is 36.4 Å². The maximum atomic E-state index is 12.8. The minimum atomic E-state index is -4.50. The number of esters is 1. The third kappa shape index (κ3) is 3.97. The summed E-state index contributed by atoms with van der Waals surface area (Å²) >= 11 is 1.47. The molecule has 0 atom stereocenters. The molecule has 5 nitrogen and oxygen atoms in total. The van der Waals surface area contributed by atoms with Gasteiger partial charge >= 0.3 is 12.1 Å². The number of nitrogens with one attached hydrogen (secondary N) is 1. The molecule has 1 aromatic carbocycles. The van der Waals surface area contributed by atoms with Crippen LogP contribution in [0.3, 0.4) is 0 Å². The fourth-order valence-corrected chi connectivity index (χ4v) is 3.69. The van der Waals surface area contributed by atoms with Crippen LogP contribution in [0.25, 0.3) is 10.2 Å². The number of anilines is 1. The Hall–Kier alpha value is -2.81. The molecule has 0 fully saturated rings. The molecule has 0 aliphatic rings. The van der Waals surface area contributed by atoms with Crippen molar-refractivity contribution in [2.24, 2.45) is 0 Å². The molecule has 2 heterocycles. The van der Waals surface area contributed by atoms with Crippen molar-refractivity contribution >= 4 is 39.1 Å². The Kier molecular flexibility index (Phi) is 4.97. The Morgan fingerprint density at radius 2 is 1.96 bits per heavy atom. The van der Waals surface area contributed by atoms with E-state index in [2.05, 4.69) is 5.32 Å². The number of aryl methyl sites for hydroxylation is 1. The number of benzene rings is 1. The number of fused-ring (bicyclic) bond motifs is 1. The summed E-state index contributed by atoms with van der Waals surface area (Å²) in [5.41, 5.74) is 0.0711. The summed E-state index contributed by atoms with van der Waals surface area (Å²) in [6, 6.07) is 7.84. The van der Waals surface area contributed by atoms with Crippen molar-refractivity contribution in [2.75, 3.05) is 12.4 Å². The van der Waals surface area contributed by atoms with E-state index in [1.54, 1.807) is 6.07 Å². The third-order valence-electron chi connectivity index (χ3n) is 3.88. The lowest BCUT2D eigenvalue weighted by molar-refractivity contribution is -0.137. The van der Waals surface area contributed by atoms with Gasteiger partial charge in [0.25, 0.3) is 0 Å². The summed E-state index contributed by atoms with van der Waals surface area (Å²) in [7, 11) is 1.24. The van der Waals surface area contributed by atoms with Crippen LogP contribution in [0.4, 0.5) is 18.9 Å². The van der Waals surface area contributed by atoms with Gasteiger partial charge in [-0.05, 0) is 37.3 Å². The Bertz CT molecular complexity index is 1020. The maximum absolute atomic E-state index is 12.8. The lowest BCUT2D eigenvalue weighted by Gasteiger charge is -2.12. The Morgan fingerprint density at radius 1 is 1.22 bits per heavy atom. The van der Waals surface area contributed by atoms with E-state index in [4.69, 9.17) is 4.74 Å². The molecular formula is C18H15F3N2O3S. The predicted octanol–water partition coefficient (Wildman–Crippen LogP) is 4.46. The maximum Gasteiger partial charge on any atom is 0.416 e. The second-order valence-electron chi connectivity index (χ2n) is 5.84. The molecule has 0 bridgehead atoms. The zero-order chi connectivity index (χ0) is 19.8. The Morgan fingerprint density at radius 3 is 2.63 bits per heavy atom. The molecule has 0 saturated heterocycles. The second-order valence-corrected chi connectivity index (χ2v) is 7.13. The number of amides is 1. The molecular weight excluding hydrogens is 381 g/mol. The number of nitrogens with zero attached hydrogens (tertiary/aromatic N) is 1. The summed E-state index contributed by atoms with van der Waals surface area (Å²) in [6.07, 6.45) is -4.50. The highest BCUT2D eigenvalue weighted by Crippen LogP contribution is 2.31. The molecule has 9 heteroatoms. The monoisotopic (exact) mass is 396 g/mol. The van der Waals surface area contributed by atoms with Gasteiger partial charge in [0.2, 0.25) is 5.91 Å². The molecule has 142 valence electrons. The first-order chi connectivity index (χ1) is 12.7. The van der Waals surface area contributed by atoms with Gasteiger partial charge in [-0.15, -0.1) is 11.3 Å². The SMILES string of the molecule is COC(=O)c1cc2sc(C)cc2n1CC(=O)Nc1cccc(C(F)(F)F)c1. The quantitative estimate of drug-likeness (QED) is 0.663.